The molecule has 1 amide bonds. The van der Waals surface area contributed by atoms with Crippen molar-refractivity contribution < 1.29 is 9.53 Å². The van der Waals surface area contributed by atoms with Gasteiger partial charge < -0.3 is 15.0 Å². The summed E-state index contributed by atoms with van der Waals surface area (Å²) >= 11 is 1.58. The van der Waals surface area contributed by atoms with Gasteiger partial charge in [-0.2, -0.15) is 0 Å². The summed E-state index contributed by atoms with van der Waals surface area (Å²) in [7, 11) is 0. The molecule has 22 heavy (non-hydrogen) atoms. The van der Waals surface area contributed by atoms with Crippen molar-refractivity contribution in [2.24, 2.45) is 0 Å². The highest BCUT2D eigenvalue weighted by atomic mass is 32.1. The van der Waals surface area contributed by atoms with Crippen LogP contribution in [0.5, 0.6) is 0 Å². The predicted molar refractivity (Wildman–Crippen MR) is 87.1 cm³/mol. The Kier molecular flexibility index (Phi) is 4.54. The SMILES string of the molecule is CC1CN(C(=O)CCNc2ncnc3sccc23)CC(C)O1. The quantitative estimate of drug-likeness (QED) is 0.935. The topological polar surface area (TPSA) is 67.4 Å². The van der Waals surface area contributed by atoms with Crippen molar-refractivity contribution in [1.82, 2.24) is 14.9 Å². The number of hydrogen-bond acceptors (Lipinski definition) is 6. The molecule has 0 saturated carbocycles. The molecule has 0 radical (unpaired) electrons. The summed E-state index contributed by atoms with van der Waals surface area (Å²) in [6.07, 6.45) is 2.21. The van der Waals surface area contributed by atoms with Gasteiger partial charge in [0.1, 0.15) is 17.0 Å². The zero-order chi connectivity index (χ0) is 15.5. The number of rotatable bonds is 4. The van der Waals surface area contributed by atoms with Crippen LogP contribution < -0.4 is 5.32 Å². The third-order valence-electron chi connectivity index (χ3n) is 3.67. The van der Waals surface area contributed by atoms with Gasteiger partial charge >= 0.3 is 0 Å². The van der Waals surface area contributed by atoms with Crippen molar-refractivity contribution in [2.75, 3.05) is 25.0 Å². The fraction of sp³-hybridized carbons (Fsp3) is 0.533. The van der Waals surface area contributed by atoms with Crippen molar-refractivity contribution >= 4 is 33.3 Å². The maximum absolute atomic E-state index is 12.3. The van der Waals surface area contributed by atoms with E-state index < -0.39 is 0 Å². The molecule has 0 aromatic carbocycles. The maximum atomic E-state index is 12.3. The third-order valence-corrected chi connectivity index (χ3v) is 4.49. The zero-order valence-corrected chi connectivity index (χ0v) is 13.6. The number of carbonyl (C=O) groups excluding carboxylic acids is 1. The summed E-state index contributed by atoms with van der Waals surface area (Å²) < 4.78 is 5.65. The Labute approximate surface area is 133 Å². The normalized spacial score (nSPS) is 22.0. The molecule has 1 aliphatic rings. The molecule has 2 aromatic heterocycles. The lowest BCUT2D eigenvalue weighted by Crippen LogP contribution is -2.48. The number of morpholine rings is 1. The number of thiophene rings is 1. The van der Waals surface area contributed by atoms with Crippen LogP contribution in [-0.4, -0.2) is 52.6 Å². The molecule has 0 spiro atoms. The van der Waals surface area contributed by atoms with Crippen LogP contribution in [0.1, 0.15) is 20.3 Å². The molecule has 118 valence electrons. The van der Waals surface area contributed by atoms with Crippen LogP contribution in [0, 0.1) is 0 Å². The summed E-state index contributed by atoms with van der Waals surface area (Å²) in [6.45, 7) is 5.92. The van der Waals surface area contributed by atoms with Crippen molar-refractivity contribution in [2.45, 2.75) is 32.5 Å². The Morgan fingerprint density at radius 2 is 2.18 bits per heavy atom. The second kappa shape index (κ2) is 6.58. The largest absolute Gasteiger partial charge is 0.372 e. The zero-order valence-electron chi connectivity index (χ0n) is 12.8. The number of fused-ring (bicyclic) bond motifs is 1. The number of nitrogens with zero attached hydrogens (tertiary/aromatic N) is 3. The highest BCUT2D eigenvalue weighted by Gasteiger charge is 2.25. The summed E-state index contributed by atoms with van der Waals surface area (Å²) in [4.78, 5) is 23.6. The first-order valence-electron chi connectivity index (χ1n) is 7.49. The average molecular weight is 320 g/mol. The number of amides is 1. The van der Waals surface area contributed by atoms with Crippen LogP contribution in [0.4, 0.5) is 5.82 Å². The Morgan fingerprint density at radius 3 is 2.95 bits per heavy atom. The van der Waals surface area contributed by atoms with Gasteiger partial charge in [0.05, 0.1) is 17.6 Å². The molecular formula is C15H20N4O2S. The number of carbonyl (C=O) groups is 1. The van der Waals surface area contributed by atoms with Gasteiger partial charge in [0.25, 0.3) is 0 Å². The van der Waals surface area contributed by atoms with E-state index in [-0.39, 0.29) is 18.1 Å². The molecular weight excluding hydrogens is 300 g/mol. The van der Waals surface area contributed by atoms with Crippen LogP contribution in [0.2, 0.25) is 0 Å². The summed E-state index contributed by atoms with van der Waals surface area (Å²) in [5.41, 5.74) is 0. The first-order valence-corrected chi connectivity index (χ1v) is 8.36. The van der Waals surface area contributed by atoms with Gasteiger partial charge in [-0.3, -0.25) is 4.79 Å². The van der Waals surface area contributed by atoms with Crippen LogP contribution in [-0.2, 0) is 9.53 Å². The number of nitrogens with one attached hydrogen (secondary N) is 1. The van der Waals surface area contributed by atoms with Gasteiger partial charge in [0, 0.05) is 26.1 Å². The van der Waals surface area contributed by atoms with Crippen molar-refractivity contribution in [3.05, 3.63) is 17.8 Å². The molecule has 2 unspecified atom stereocenters. The van der Waals surface area contributed by atoms with Gasteiger partial charge in [-0.25, -0.2) is 9.97 Å². The van der Waals surface area contributed by atoms with E-state index in [2.05, 4.69) is 15.3 Å². The van der Waals surface area contributed by atoms with E-state index in [1.54, 1.807) is 17.7 Å². The highest BCUT2D eigenvalue weighted by molar-refractivity contribution is 7.16. The third kappa shape index (κ3) is 3.36. The molecule has 1 aliphatic heterocycles. The van der Waals surface area contributed by atoms with Crippen molar-refractivity contribution in [3.63, 3.8) is 0 Å². The highest BCUT2D eigenvalue weighted by Crippen LogP contribution is 2.23. The molecule has 2 atom stereocenters. The first kappa shape index (κ1) is 15.2. The molecule has 1 N–H and O–H groups in total. The van der Waals surface area contributed by atoms with Gasteiger partial charge in [0.15, 0.2) is 0 Å². The molecule has 2 aromatic rings. The lowest BCUT2D eigenvalue weighted by molar-refractivity contribution is -0.142. The predicted octanol–water partition coefficient (Wildman–Crippen LogP) is 2.13. The molecule has 1 fully saturated rings. The number of aromatic nitrogens is 2. The first-order chi connectivity index (χ1) is 10.6. The van der Waals surface area contributed by atoms with Crippen LogP contribution in [0.25, 0.3) is 10.2 Å². The molecule has 0 bridgehead atoms. The maximum Gasteiger partial charge on any atom is 0.224 e. The Bertz CT molecular complexity index is 650. The lowest BCUT2D eigenvalue weighted by atomic mass is 10.2. The van der Waals surface area contributed by atoms with Crippen LogP contribution >= 0.6 is 11.3 Å². The van der Waals surface area contributed by atoms with E-state index in [0.717, 1.165) is 16.0 Å². The minimum atomic E-state index is 0.105. The Hall–Kier alpha value is -1.73. The number of hydrogen-bond donors (Lipinski definition) is 1. The summed E-state index contributed by atoms with van der Waals surface area (Å²) in [5, 5.41) is 6.24. The van der Waals surface area contributed by atoms with Gasteiger partial charge in [-0.05, 0) is 25.3 Å². The molecule has 0 aliphatic carbocycles. The molecule has 3 rings (SSSR count). The van der Waals surface area contributed by atoms with Crippen molar-refractivity contribution in [1.29, 1.82) is 0 Å². The molecule has 1 saturated heterocycles. The minimum absolute atomic E-state index is 0.105. The molecule has 7 heteroatoms. The average Bonchev–Trinajstić information content (AvgIpc) is 2.95. The second-order valence-electron chi connectivity index (χ2n) is 5.59. The lowest BCUT2D eigenvalue weighted by Gasteiger charge is -2.35. The van der Waals surface area contributed by atoms with Crippen LogP contribution in [0.3, 0.4) is 0 Å². The standard InChI is InChI=1S/C15H20N4O2S/c1-10-7-19(8-11(2)21-10)13(20)3-5-16-14-12-4-6-22-15(12)18-9-17-14/h4,6,9-11H,3,5,7-8H2,1-2H3,(H,16,17,18). The van der Waals surface area contributed by atoms with E-state index >= 15 is 0 Å². The fourth-order valence-corrected chi connectivity index (χ4v) is 3.49. The van der Waals surface area contributed by atoms with E-state index in [9.17, 15) is 4.79 Å². The smallest absolute Gasteiger partial charge is 0.224 e. The van der Waals surface area contributed by atoms with Crippen molar-refractivity contribution in [3.8, 4) is 0 Å². The second-order valence-corrected chi connectivity index (χ2v) is 6.49. The Balaban J connectivity index is 1.54. The van der Waals surface area contributed by atoms with Crippen LogP contribution in [0.15, 0.2) is 17.8 Å². The van der Waals surface area contributed by atoms with E-state index in [4.69, 9.17) is 4.74 Å². The minimum Gasteiger partial charge on any atom is -0.372 e. The van der Waals surface area contributed by atoms with E-state index in [1.807, 2.05) is 30.2 Å². The summed E-state index contributed by atoms with van der Waals surface area (Å²) in [6, 6.07) is 2.00. The molecule has 6 nitrogen and oxygen atoms in total. The monoisotopic (exact) mass is 320 g/mol. The van der Waals surface area contributed by atoms with E-state index in [0.29, 0.717) is 26.1 Å². The number of anilines is 1. The number of ether oxygens (including phenoxy) is 1. The van der Waals surface area contributed by atoms with E-state index in [1.165, 1.54) is 0 Å². The fourth-order valence-electron chi connectivity index (χ4n) is 2.76. The van der Waals surface area contributed by atoms with Gasteiger partial charge in [-0.1, -0.05) is 0 Å². The van der Waals surface area contributed by atoms with Gasteiger partial charge in [0.2, 0.25) is 5.91 Å². The summed E-state index contributed by atoms with van der Waals surface area (Å²) in [5.74, 6) is 0.952. The Morgan fingerprint density at radius 1 is 1.41 bits per heavy atom. The molecule has 3 heterocycles. The van der Waals surface area contributed by atoms with Gasteiger partial charge in [-0.15, -0.1) is 11.3 Å².